The summed E-state index contributed by atoms with van der Waals surface area (Å²) in [4.78, 5) is 38.1. The van der Waals surface area contributed by atoms with Gasteiger partial charge in [0.1, 0.15) is 6.54 Å². The zero-order valence-corrected chi connectivity index (χ0v) is 18.7. The number of carbonyl (C=O) groups is 3. The number of halogens is 3. The van der Waals surface area contributed by atoms with Gasteiger partial charge in [0.2, 0.25) is 5.92 Å². The molecule has 0 saturated heterocycles. The maximum Gasteiger partial charge on any atom is 0.359 e. The zero-order chi connectivity index (χ0) is 23.6. The van der Waals surface area contributed by atoms with E-state index in [4.69, 9.17) is 21.1 Å². The molecule has 0 spiro atoms. The molecule has 2 aromatic rings. The van der Waals surface area contributed by atoms with Gasteiger partial charge in [0.15, 0.2) is 17.2 Å². The molecular weight excluding hydrogens is 446 g/mol. The smallest absolute Gasteiger partial charge is 0.359 e. The lowest BCUT2D eigenvalue weighted by atomic mass is 9.75. The Morgan fingerprint density at radius 1 is 1.16 bits per heavy atom. The highest BCUT2D eigenvalue weighted by Crippen LogP contribution is 2.50. The van der Waals surface area contributed by atoms with Crippen LogP contribution in [0.2, 0.25) is 5.02 Å². The van der Waals surface area contributed by atoms with Gasteiger partial charge >= 0.3 is 11.9 Å². The monoisotopic (exact) mass is 468 g/mol. The van der Waals surface area contributed by atoms with Gasteiger partial charge in [0.25, 0.3) is 0 Å². The first-order valence-corrected chi connectivity index (χ1v) is 10.6. The van der Waals surface area contributed by atoms with E-state index in [1.54, 1.807) is 32.9 Å². The molecule has 32 heavy (non-hydrogen) atoms. The van der Waals surface area contributed by atoms with Crippen molar-refractivity contribution in [1.82, 2.24) is 9.78 Å². The molecule has 1 aromatic heterocycles. The number of aryl methyl sites for hydroxylation is 1. The van der Waals surface area contributed by atoms with Crippen molar-refractivity contribution < 1.29 is 32.6 Å². The number of esters is 2. The summed E-state index contributed by atoms with van der Waals surface area (Å²) in [5, 5.41) is 4.53. The molecule has 7 nitrogen and oxygen atoms in total. The van der Waals surface area contributed by atoms with Crippen LogP contribution in [0.4, 0.5) is 8.78 Å². The number of ketones is 1. The van der Waals surface area contributed by atoms with Gasteiger partial charge in [-0.05, 0) is 32.4 Å². The van der Waals surface area contributed by atoms with Crippen LogP contribution in [0.3, 0.4) is 0 Å². The largest absolute Gasteiger partial charge is 0.461 e. The molecule has 3 rings (SSSR count). The van der Waals surface area contributed by atoms with E-state index in [2.05, 4.69) is 5.10 Å². The summed E-state index contributed by atoms with van der Waals surface area (Å²) in [5.41, 5.74) is 0.641. The van der Waals surface area contributed by atoms with Crippen molar-refractivity contribution >= 4 is 29.3 Å². The fraction of sp³-hybridized carbons (Fsp3) is 0.455. The average Bonchev–Trinajstić information content (AvgIpc) is 3.07. The van der Waals surface area contributed by atoms with Gasteiger partial charge in [0, 0.05) is 34.9 Å². The topological polar surface area (TPSA) is 87.5 Å². The first-order chi connectivity index (χ1) is 15.1. The minimum Gasteiger partial charge on any atom is -0.461 e. The summed E-state index contributed by atoms with van der Waals surface area (Å²) in [5.74, 6) is -5.83. The standard InChI is InChI=1S/C22H23ClF2N2O5/c1-4-31-20(29)18-17(14-9-22(24,25)10-14)19(21(30)32-5-2)27(26-18)11-16(28)13-7-6-12(3)15(23)8-13/h6-8,14H,4-5,9-11H2,1-3H3. The second kappa shape index (κ2) is 9.36. The van der Waals surface area contributed by atoms with E-state index in [-0.39, 0.29) is 35.7 Å². The van der Waals surface area contributed by atoms with Gasteiger partial charge in [-0.15, -0.1) is 0 Å². The first-order valence-electron chi connectivity index (χ1n) is 10.2. The molecule has 1 saturated carbocycles. The number of hydrogen-bond acceptors (Lipinski definition) is 6. The molecule has 0 N–H and O–H groups in total. The van der Waals surface area contributed by atoms with Gasteiger partial charge in [0.05, 0.1) is 13.2 Å². The number of benzene rings is 1. The number of carbonyl (C=O) groups excluding carboxylic acids is 3. The van der Waals surface area contributed by atoms with E-state index in [0.29, 0.717) is 5.02 Å². The van der Waals surface area contributed by atoms with Crippen LogP contribution in [-0.2, 0) is 16.0 Å². The van der Waals surface area contributed by atoms with Gasteiger partial charge in [-0.3, -0.25) is 4.79 Å². The van der Waals surface area contributed by atoms with Crippen molar-refractivity contribution in [2.24, 2.45) is 0 Å². The molecule has 1 aliphatic carbocycles. The molecular formula is C22H23ClF2N2O5. The second-order valence-corrected chi connectivity index (χ2v) is 7.96. The van der Waals surface area contributed by atoms with Crippen LogP contribution in [0.1, 0.15) is 75.1 Å². The summed E-state index contributed by atoms with van der Waals surface area (Å²) in [6, 6.07) is 4.75. The number of nitrogens with zero attached hydrogens (tertiary/aromatic N) is 2. The van der Waals surface area contributed by atoms with Gasteiger partial charge in [-0.1, -0.05) is 23.7 Å². The van der Waals surface area contributed by atoms with E-state index in [0.717, 1.165) is 10.2 Å². The van der Waals surface area contributed by atoms with E-state index in [9.17, 15) is 23.2 Å². The van der Waals surface area contributed by atoms with Gasteiger partial charge in [-0.25, -0.2) is 23.1 Å². The van der Waals surface area contributed by atoms with Gasteiger partial charge < -0.3 is 9.47 Å². The minimum absolute atomic E-state index is 0.0144. The fourth-order valence-electron chi connectivity index (χ4n) is 3.60. The number of rotatable bonds is 8. The molecule has 1 aromatic carbocycles. The van der Waals surface area contributed by atoms with Crippen LogP contribution in [0.25, 0.3) is 0 Å². The summed E-state index contributed by atoms with van der Waals surface area (Å²) in [6.07, 6.45) is -1.09. The Hall–Kier alpha value is -2.81. The lowest BCUT2D eigenvalue weighted by molar-refractivity contribution is -0.0871. The van der Waals surface area contributed by atoms with E-state index < -0.39 is 48.9 Å². The molecule has 0 aliphatic heterocycles. The Morgan fingerprint density at radius 2 is 1.78 bits per heavy atom. The molecule has 1 fully saturated rings. The van der Waals surface area contributed by atoms with Crippen molar-refractivity contribution in [3.8, 4) is 0 Å². The predicted molar refractivity (Wildman–Crippen MR) is 112 cm³/mol. The minimum atomic E-state index is -2.90. The predicted octanol–water partition coefficient (Wildman–Crippen LogP) is 4.59. The third-order valence-electron chi connectivity index (χ3n) is 5.21. The van der Waals surface area contributed by atoms with E-state index in [1.807, 2.05) is 0 Å². The Kier molecular flexibility index (Phi) is 6.97. The first kappa shape index (κ1) is 23.8. The lowest BCUT2D eigenvalue weighted by Crippen LogP contribution is -2.35. The zero-order valence-electron chi connectivity index (χ0n) is 17.9. The highest BCUT2D eigenvalue weighted by atomic mass is 35.5. The summed E-state index contributed by atoms with van der Waals surface area (Å²) >= 11 is 6.10. The van der Waals surface area contributed by atoms with Crippen molar-refractivity contribution in [3.63, 3.8) is 0 Å². The van der Waals surface area contributed by atoms with Crippen LogP contribution in [-0.4, -0.2) is 46.6 Å². The quantitative estimate of drug-likeness (QED) is 0.416. The molecule has 0 radical (unpaired) electrons. The molecule has 172 valence electrons. The molecule has 1 heterocycles. The molecule has 0 unspecified atom stereocenters. The van der Waals surface area contributed by atoms with Crippen molar-refractivity contribution in [1.29, 1.82) is 0 Å². The van der Waals surface area contributed by atoms with Crippen molar-refractivity contribution in [2.75, 3.05) is 13.2 Å². The molecule has 0 atom stereocenters. The Labute approximate surface area is 188 Å². The Bertz CT molecular complexity index is 1060. The van der Waals surface area contributed by atoms with E-state index >= 15 is 0 Å². The number of aromatic nitrogens is 2. The summed E-state index contributed by atoms with van der Waals surface area (Å²) in [6.45, 7) is 4.59. The second-order valence-electron chi connectivity index (χ2n) is 7.56. The normalized spacial score (nSPS) is 15.2. The van der Waals surface area contributed by atoms with Gasteiger partial charge in [-0.2, -0.15) is 5.10 Å². The highest BCUT2D eigenvalue weighted by molar-refractivity contribution is 6.31. The molecule has 0 amide bonds. The van der Waals surface area contributed by atoms with Crippen molar-refractivity contribution in [2.45, 2.75) is 52.0 Å². The van der Waals surface area contributed by atoms with E-state index in [1.165, 1.54) is 6.07 Å². The van der Waals surface area contributed by atoms with Crippen LogP contribution in [0.15, 0.2) is 18.2 Å². The Balaban J connectivity index is 2.07. The fourth-order valence-corrected chi connectivity index (χ4v) is 3.78. The number of hydrogen-bond donors (Lipinski definition) is 0. The molecule has 0 bridgehead atoms. The van der Waals surface area contributed by atoms with Crippen LogP contribution in [0, 0.1) is 6.92 Å². The lowest BCUT2D eigenvalue weighted by Gasteiger charge is -2.35. The third-order valence-corrected chi connectivity index (χ3v) is 5.62. The maximum atomic E-state index is 13.6. The van der Waals surface area contributed by atoms with Crippen LogP contribution in [0.5, 0.6) is 0 Å². The number of Topliss-reactive ketones (excluding diaryl/α,β-unsaturated/α-hetero) is 1. The Morgan fingerprint density at radius 3 is 2.34 bits per heavy atom. The van der Waals surface area contributed by atoms with Crippen molar-refractivity contribution in [3.05, 3.63) is 51.3 Å². The summed E-state index contributed by atoms with van der Waals surface area (Å²) in [7, 11) is 0. The highest BCUT2D eigenvalue weighted by Gasteiger charge is 2.50. The molecule has 1 aliphatic rings. The number of alkyl halides is 2. The van der Waals surface area contributed by atoms with Crippen LogP contribution < -0.4 is 0 Å². The molecule has 10 heteroatoms. The SMILES string of the molecule is CCOC(=O)c1nn(CC(=O)c2ccc(C)c(Cl)c2)c(C(=O)OCC)c1C1CC(F)(F)C1. The maximum absolute atomic E-state index is 13.6. The average molecular weight is 469 g/mol. The number of ether oxygens (including phenoxy) is 2. The van der Waals surface area contributed by atoms with Crippen LogP contribution >= 0.6 is 11.6 Å². The third kappa shape index (κ3) is 4.82. The summed E-state index contributed by atoms with van der Waals surface area (Å²) < 4.78 is 38.4.